The molecule has 4 unspecified atom stereocenters. The molecule has 7 aliphatic heterocycles. The first-order valence-electron chi connectivity index (χ1n) is 42.4. The summed E-state index contributed by atoms with van der Waals surface area (Å²) in [5.74, 6) is 3.05. The highest BCUT2D eigenvalue weighted by molar-refractivity contribution is 7.92. The Labute approximate surface area is 722 Å². The van der Waals surface area contributed by atoms with Crippen molar-refractivity contribution >= 4 is 91.2 Å². The Morgan fingerprint density at radius 1 is 0.570 bits per heavy atom. The standard InChI is InChI=1S/C15H20.C12H14N2O3.C11H12N2O3.C11H14O2S.C11H10O.C8H11N3.C7H8N2O2.C7H11N.C5H8N2.5C2H6/c1-10(2)15-12(4)11(3)9-13-7-5-6-8-14(13)15;1-6(15)13-8-5-4-7-9(10(8)16)12(2,3)11(17)14-7;1-6(14)12-9-4-3-8-7(11(9)16)2-5-10(15)13-8;1-8(2)10-7-14(12,13)11-6-4-3-5-9(10)11;1-8-6-7-9-4-2-3-5-10(9)11(8)12;1-5-4-11-8(6(5)2)9-7(3)10-11;1-5(10)9-7-6(11)3-2-4-8-7;1-5-4-8-7(3)6(5)2;1-4-3-6-5(2)7-4;5*1-2/h5-8,13-14H,9H2,1-4H3;5H,4H2,1-3H3,(H,13,15)(H,14,17);4H,2-3,5H2,1H3,(H,12,14)(H,13,15);3-6,9,11H,7H2,1-2H3;2-6H,7H2,1H3;4H2,1-3H3;2-3H,4H2,1H3,(H,8,9,10);4H2,1-3H3;3H2,1-2H3;5*1-2H3. The van der Waals surface area contributed by atoms with Crippen LogP contribution >= 0.6 is 0 Å². The second kappa shape index (κ2) is 51.7. The number of ketones is 4. The van der Waals surface area contributed by atoms with Crippen LogP contribution in [0.5, 0.6) is 0 Å². The SMILES string of the molecule is CC.CC.CC.CC.CC.CC(=O)NC1=CCC2=C(C1=O)C(C)(C)C(=O)N2.CC(=O)NC1=CCC2=C(CCC(=O)N2)C1=O.CC(=O)NC1=NCC=CC1=O.CC(C)=C1C(C)=C(C)CC2C=CC=CC12.CC(C)=C1CS(=O)(=O)C2C=CC=CC12.CC1=C(C)c2nc(C)nn2C1.CC1=CCc2ccccc2C1=O.CC1=NC(C)=NC1.CC1=NCC(C)=C1C. The van der Waals surface area contributed by atoms with Gasteiger partial charge in [0, 0.05) is 91.4 Å². The number of carbonyl (C=O) groups excluding carboxylic acids is 9. The molecular formula is C97H138N12O11S. The number of nitrogens with zero attached hydrogens (tertiary/aromatic N) is 7. The lowest BCUT2D eigenvalue weighted by Crippen LogP contribution is -2.35. The predicted molar refractivity (Wildman–Crippen MR) is 496 cm³/mol. The number of amides is 5. The van der Waals surface area contributed by atoms with Gasteiger partial charge < -0.3 is 26.6 Å². The second-order valence-corrected chi connectivity index (χ2v) is 32.1. The highest BCUT2D eigenvalue weighted by atomic mass is 32.2. The van der Waals surface area contributed by atoms with Crippen LogP contribution in [0.3, 0.4) is 0 Å². The maximum atomic E-state index is 12.2. The summed E-state index contributed by atoms with van der Waals surface area (Å²) in [5, 5.41) is 16.7. The number of nitrogens with one attached hydrogen (secondary N) is 5. The van der Waals surface area contributed by atoms with Gasteiger partial charge in [-0.1, -0.05) is 183 Å². The molecule has 1 aromatic carbocycles. The molecular weight excluding hydrogens is 1540 g/mol. The third kappa shape index (κ3) is 30.6. The minimum absolute atomic E-state index is 0.0528. The molecule has 0 radical (unpaired) electrons. The van der Waals surface area contributed by atoms with E-state index in [-0.39, 0.29) is 81.1 Å². The fourth-order valence-electron chi connectivity index (χ4n) is 14.0. The first-order chi connectivity index (χ1) is 57.2. The Hall–Kier alpha value is -10.9. The number of amidine groups is 2. The number of carbonyl (C=O) groups is 9. The van der Waals surface area contributed by atoms with Crippen LogP contribution in [0.15, 0.2) is 213 Å². The van der Waals surface area contributed by atoms with Gasteiger partial charge in [-0.15, -0.1) is 0 Å². The minimum atomic E-state index is -2.94. The molecule has 0 spiro atoms. The van der Waals surface area contributed by atoms with Crippen LogP contribution in [0, 0.1) is 30.1 Å². The van der Waals surface area contributed by atoms with Gasteiger partial charge in [0.05, 0.1) is 54.0 Å². The largest absolute Gasteiger partial charge is 0.329 e. The van der Waals surface area contributed by atoms with Gasteiger partial charge in [0.2, 0.25) is 46.9 Å². The summed E-state index contributed by atoms with van der Waals surface area (Å²) in [6.07, 6.45) is 28.8. The van der Waals surface area contributed by atoms with Crippen LogP contribution in [0.2, 0.25) is 0 Å². The van der Waals surface area contributed by atoms with E-state index in [0.717, 1.165) is 77.1 Å². The van der Waals surface area contributed by atoms with E-state index in [1.807, 2.05) is 164 Å². The monoisotopic (exact) mass is 1680 g/mol. The molecule has 8 heterocycles. The second-order valence-electron chi connectivity index (χ2n) is 30.0. The Morgan fingerprint density at radius 3 is 1.65 bits per heavy atom. The first kappa shape index (κ1) is 106. The Morgan fingerprint density at radius 2 is 1.14 bits per heavy atom. The molecule has 0 saturated carbocycles. The summed E-state index contributed by atoms with van der Waals surface area (Å²) in [6, 6.07) is 7.79. The Balaban J connectivity index is 0.000000459. The molecule has 15 rings (SSSR count). The molecule has 121 heavy (non-hydrogen) atoms. The molecule has 1 saturated heterocycles. The number of rotatable bonds is 2. The van der Waals surface area contributed by atoms with Crippen LogP contribution in [-0.2, 0) is 61.2 Å². The maximum absolute atomic E-state index is 12.2. The number of fused-ring (bicyclic) bond motifs is 4. The number of benzene rings is 1. The molecule has 1 fully saturated rings. The van der Waals surface area contributed by atoms with Gasteiger partial charge in [0.25, 0.3) is 0 Å². The van der Waals surface area contributed by atoms with Gasteiger partial charge in [-0.3, -0.25) is 58.1 Å². The molecule has 4 atom stereocenters. The lowest BCUT2D eigenvalue weighted by molar-refractivity contribution is -0.127. The topological polar surface area (TPSA) is 328 Å². The van der Waals surface area contributed by atoms with E-state index in [1.165, 1.54) is 72.4 Å². The number of hydrogen-bond acceptors (Lipinski definition) is 17. The smallest absolute Gasteiger partial charge is 0.234 e. The van der Waals surface area contributed by atoms with Gasteiger partial charge >= 0.3 is 0 Å². The molecule has 1 aromatic heterocycles. The van der Waals surface area contributed by atoms with E-state index >= 15 is 0 Å². The lowest BCUT2D eigenvalue weighted by Gasteiger charge is -2.34. The highest BCUT2D eigenvalue weighted by Gasteiger charge is 2.46. The number of aliphatic imine (C=N–C) groups is 4. The average molecular weight is 1680 g/mol. The number of allylic oxidation sites excluding steroid dienone is 21. The van der Waals surface area contributed by atoms with Crippen LogP contribution in [0.1, 0.15) is 260 Å². The van der Waals surface area contributed by atoms with Gasteiger partial charge in [0.1, 0.15) is 11.7 Å². The zero-order chi connectivity index (χ0) is 92.1. The number of Topliss-reactive ketones (excluding diaryl/α,β-unsaturated/α-hetero) is 3. The highest BCUT2D eigenvalue weighted by Crippen LogP contribution is 2.43. The summed E-state index contributed by atoms with van der Waals surface area (Å²) in [5.41, 5.74) is 21.2. The lowest BCUT2D eigenvalue weighted by atomic mass is 9.70. The van der Waals surface area contributed by atoms with E-state index in [9.17, 15) is 51.6 Å². The average Bonchev–Trinajstić information content (AvgIpc) is 1.57. The number of aromatic nitrogens is 3. The molecule has 2 aromatic rings. The van der Waals surface area contributed by atoms with Crippen LogP contribution in [-0.4, -0.2) is 130 Å². The summed E-state index contributed by atoms with van der Waals surface area (Å²) < 4.78 is 25.5. The number of hydrogen-bond donors (Lipinski definition) is 5. The van der Waals surface area contributed by atoms with E-state index in [4.69, 9.17) is 0 Å². The molecule has 6 aliphatic carbocycles. The number of sulfone groups is 1. The van der Waals surface area contributed by atoms with Gasteiger partial charge in [0.15, 0.2) is 27.3 Å². The first-order valence-corrected chi connectivity index (χ1v) is 44.1. The van der Waals surface area contributed by atoms with Crippen molar-refractivity contribution in [2.75, 3.05) is 25.4 Å². The van der Waals surface area contributed by atoms with Crippen LogP contribution in [0.4, 0.5) is 0 Å². The normalized spacial score (nSPS) is 20.3. The fraction of sp³-hybridized carbons (Fsp3) is 0.474. The van der Waals surface area contributed by atoms with Crippen molar-refractivity contribution in [3.05, 3.63) is 216 Å². The number of dihydropyridines is 1. The summed E-state index contributed by atoms with van der Waals surface area (Å²) in [6.45, 7) is 61.8. The van der Waals surface area contributed by atoms with E-state index < -0.39 is 15.3 Å². The minimum Gasteiger partial charge on any atom is -0.329 e. The molecule has 24 heteroatoms. The summed E-state index contributed by atoms with van der Waals surface area (Å²) in [7, 11) is -2.94. The van der Waals surface area contributed by atoms with Crippen molar-refractivity contribution in [2.24, 2.45) is 43.1 Å². The quantitative estimate of drug-likeness (QED) is 0.175. The van der Waals surface area contributed by atoms with Crippen LogP contribution in [0.25, 0.3) is 5.57 Å². The Bertz CT molecular complexity index is 4920. The van der Waals surface area contributed by atoms with Crippen molar-refractivity contribution in [2.45, 2.75) is 258 Å². The van der Waals surface area contributed by atoms with Crippen molar-refractivity contribution in [1.82, 2.24) is 41.3 Å². The molecule has 0 bridgehead atoms. The van der Waals surface area contributed by atoms with Crippen molar-refractivity contribution in [1.29, 1.82) is 0 Å². The molecule has 5 amide bonds. The molecule has 23 nitrogen and oxygen atoms in total. The summed E-state index contributed by atoms with van der Waals surface area (Å²) >= 11 is 0. The van der Waals surface area contributed by atoms with Crippen molar-refractivity contribution < 1.29 is 51.6 Å². The molecule has 658 valence electrons. The zero-order valence-corrected chi connectivity index (χ0v) is 78.7. The third-order valence-electron chi connectivity index (χ3n) is 20.4. The van der Waals surface area contributed by atoms with Crippen molar-refractivity contribution in [3.63, 3.8) is 0 Å². The van der Waals surface area contributed by atoms with E-state index in [0.29, 0.717) is 72.3 Å². The fourth-order valence-corrected chi connectivity index (χ4v) is 16.1. The van der Waals surface area contributed by atoms with E-state index in [2.05, 4.69) is 143 Å². The van der Waals surface area contributed by atoms with Crippen molar-refractivity contribution in [3.8, 4) is 0 Å². The van der Waals surface area contributed by atoms with Gasteiger partial charge in [-0.25, -0.2) is 23.1 Å². The summed E-state index contributed by atoms with van der Waals surface area (Å²) in [4.78, 5) is 122. The Kier molecular flexibility index (Phi) is 45.3. The third-order valence-corrected chi connectivity index (χ3v) is 22.4. The maximum Gasteiger partial charge on any atom is 0.234 e. The van der Waals surface area contributed by atoms with Crippen LogP contribution < -0.4 is 26.6 Å². The number of aryl methyl sites for hydroxylation is 1. The zero-order valence-electron chi connectivity index (χ0n) is 77.9. The molecule has 5 N–H and O–H groups in total. The molecule has 13 aliphatic rings. The van der Waals surface area contributed by atoms with E-state index in [1.54, 1.807) is 49.3 Å². The predicted octanol–water partition coefficient (Wildman–Crippen LogP) is 18.0. The van der Waals surface area contributed by atoms with Gasteiger partial charge in [-0.05, 0) is 199 Å². The van der Waals surface area contributed by atoms with Gasteiger partial charge in [-0.2, -0.15) is 5.10 Å².